The Bertz CT molecular complexity index is 636. The minimum absolute atomic E-state index is 0.0286. The molecule has 0 unspecified atom stereocenters. The summed E-state index contributed by atoms with van der Waals surface area (Å²) in [6.45, 7) is -0.113. The van der Waals surface area contributed by atoms with Gasteiger partial charge in [0.1, 0.15) is 17.6 Å². The number of carbonyl (C=O) groups is 1. The zero-order valence-electron chi connectivity index (χ0n) is 9.01. The SMILES string of the molecule is COc1cccc2c(=O)n(CC=O)c(Cl)nc12. The summed E-state index contributed by atoms with van der Waals surface area (Å²) in [4.78, 5) is 26.6. The van der Waals surface area contributed by atoms with Crippen LogP contribution in [-0.2, 0) is 11.3 Å². The number of halogens is 1. The molecule has 1 aromatic heterocycles. The van der Waals surface area contributed by atoms with Gasteiger partial charge in [0.15, 0.2) is 0 Å². The van der Waals surface area contributed by atoms with Crippen molar-refractivity contribution in [2.75, 3.05) is 7.11 Å². The van der Waals surface area contributed by atoms with E-state index in [2.05, 4.69) is 4.98 Å². The fraction of sp³-hybridized carbons (Fsp3) is 0.182. The minimum Gasteiger partial charge on any atom is -0.494 e. The third-order valence-electron chi connectivity index (χ3n) is 2.38. The Balaban J connectivity index is 2.85. The summed E-state index contributed by atoms with van der Waals surface area (Å²) in [5.41, 5.74) is 0.0400. The first kappa shape index (κ1) is 11.6. The Morgan fingerprint density at radius 2 is 2.29 bits per heavy atom. The van der Waals surface area contributed by atoms with E-state index in [1.807, 2.05) is 0 Å². The monoisotopic (exact) mass is 252 g/mol. The number of hydrogen-bond donors (Lipinski definition) is 0. The number of ether oxygens (including phenoxy) is 1. The fourth-order valence-electron chi connectivity index (χ4n) is 1.59. The zero-order chi connectivity index (χ0) is 12.4. The van der Waals surface area contributed by atoms with Crippen molar-refractivity contribution in [3.05, 3.63) is 33.8 Å². The first-order valence-corrected chi connectivity index (χ1v) is 5.23. The standard InChI is InChI=1S/C11H9ClN2O3/c1-17-8-4-2-3-7-9(8)13-11(12)14(5-6-15)10(7)16/h2-4,6H,5H2,1H3. The van der Waals surface area contributed by atoms with E-state index in [1.54, 1.807) is 18.2 Å². The lowest BCUT2D eigenvalue weighted by Crippen LogP contribution is -2.22. The van der Waals surface area contributed by atoms with Crippen molar-refractivity contribution in [2.45, 2.75) is 6.54 Å². The minimum atomic E-state index is -0.356. The summed E-state index contributed by atoms with van der Waals surface area (Å²) in [7, 11) is 1.49. The second-order valence-corrected chi connectivity index (χ2v) is 3.66. The van der Waals surface area contributed by atoms with Gasteiger partial charge in [0.2, 0.25) is 5.28 Å². The van der Waals surface area contributed by atoms with Crippen LogP contribution < -0.4 is 10.3 Å². The van der Waals surface area contributed by atoms with Crippen LogP contribution in [0.3, 0.4) is 0 Å². The molecule has 88 valence electrons. The topological polar surface area (TPSA) is 61.2 Å². The largest absolute Gasteiger partial charge is 0.494 e. The van der Waals surface area contributed by atoms with Gasteiger partial charge in [-0.1, -0.05) is 6.07 Å². The normalized spacial score (nSPS) is 10.5. The van der Waals surface area contributed by atoms with Gasteiger partial charge in [-0.15, -0.1) is 0 Å². The highest BCUT2D eigenvalue weighted by atomic mass is 35.5. The van der Waals surface area contributed by atoms with Gasteiger partial charge in [-0.25, -0.2) is 4.98 Å². The Labute approximate surface area is 102 Å². The average molecular weight is 253 g/mol. The quantitative estimate of drug-likeness (QED) is 0.609. The van der Waals surface area contributed by atoms with Crippen molar-refractivity contribution in [3.63, 3.8) is 0 Å². The molecule has 0 N–H and O–H groups in total. The number of carbonyl (C=O) groups excluding carboxylic acids is 1. The number of benzene rings is 1. The number of hydrogen-bond acceptors (Lipinski definition) is 4. The predicted molar refractivity (Wildman–Crippen MR) is 63.6 cm³/mol. The lowest BCUT2D eigenvalue weighted by Gasteiger charge is -2.08. The van der Waals surface area contributed by atoms with Gasteiger partial charge in [0.25, 0.3) is 5.56 Å². The molecule has 17 heavy (non-hydrogen) atoms. The number of aldehydes is 1. The highest BCUT2D eigenvalue weighted by molar-refractivity contribution is 6.28. The van der Waals surface area contributed by atoms with Crippen LogP contribution in [0.5, 0.6) is 5.75 Å². The Hall–Kier alpha value is -1.88. The summed E-state index contributed by atoms with van der Waals surface area (Å²) in [5.74, 6) is 0.472. The van der Waals surface area contributed by atoms with Gasteiger partial charge >= 0.3 is 0 Å². The number of nitrogens with zero attached hydrogens (tertiary/aromatic N) is 2. The van der Waals surface area contributed by atoms with E-state index in [0.717, 1.165) is 4.57 Å². The summed E-state index contributed by atoms with van der Waals surface area (Å²) in [6.07, 6.45) is 0.598. The lowest BCUT2D eigenvalue weighted by molar-refractivity contribution is -0.108. The average Bonchev–Trinajstić information content (AvgIpc) is 2.34. The van der Waals surface area contributed by atoms with Crippen molar-refractivity contribution in [3.8, 4) is 5.75 Å². The van der Waals surface area contributed by atoms with E-state index < -0.39 is 0 Å². The Morgan fingerprint density at radius 3 is 2.94 bits per heavy atom. The fourth-order valence-corrected chi connectivity index (χ4v) is 1.82. The molecule has 0 spiro atoms. The molecular weight excluding hydrogens is 244 g/mol. The number of aromatic nitrogens is 2. The van der Waals surface area contributed by atoms with Crippen LogP contribution in [0, 0.1) is 0 Å². The van der Waals surface area contributed by atoms with Crippen LogP contribution in [0.4, 0.5) is 0 Å². The van der Waals surface area contributed by atoms with Gasteiger partial charge in [-0.2, -0.15) is 0 Å². The van der Waals surface area contributed by atoms with Gasteiger partial charge < -0.3 is 9.53 Å². The first-order valence-electron chi connectivity index (χ1n) is 4.85. The van der Waals surface area contributed by atoms with Crippen molar-refractivity contribution in [2.24, 2.45) is 0 Å². The van der Waals surface area contributed by atoms with E-state index in [1.165, 1.54) is 7.11 Å². The Morgan fingerprint density at radius 1 is 1.53 bits per heavy atom. The first-order chi connectivity index (χ1) is 8.19. The second-order valence-electron chi connectivity index (χ2n) is 3.32. The molecule has 0 radical (unpaired) electrons. The molecule has 5 nitrogen and oxygen atoms in total. The molecule has 0 amide bonds. The van der Waals surface area contributed by atoms with Crippen molar-refractivity contribution in [1.29, 1.82) is 0 Å². The second kappa shape index (κ2) is 4.55. The van der Waals surface area contributed by atoms with E-state index in [4.69, 9.17) is 16.3 Å². The third-order valence-corrected chi connectivity index (χ3v) is 2.67. The van der Waals surface area contributed by atoms with E-state index in [9.17, 15) is 9.59 Å². The highest BCUT2D eigenvalue weighted by Gasteiger charge is 2.11. The van der Waals surface area contributed by atoms with Crippen molar-refractivity contribution in [1.82, 2.24) is 9.55 Å². The molecule has 0 aliphatic rings. The number of methoxy groups -OCH3 is 1. The van der Waals surface area contributed by atoms with Crippen LogP contribution in [0.25, 0.3) is 10.9 Å². The molecule has 0 aliphatic carbocycles. The summed E-state index contributed by atoms with van der Waals surface area (Å²) in [6, 6.07) is 4.99. The number of fused-ring (bicyclic) bond motifs is 1. The highest BCUT2D eigenvalue weighted by Crippen LogP contribution is 2.22. The van der Waals surface area contributed by atoms with Crippen molar-refractivity contribution >= 4 is 28.8 Å². The molecule has 0 saturated carbocycles. The molecule has 1 heterocycles. The number of rotatable bonds is 3. The molecule has 0 bridgehead atoms. The Kier molecular flexibility index (Phi) is 3.10. The summed E-state index contributed by atoms with van der Waals surface area (Å²) >= 11 is 5.85. The maximum Gasteiger partial charge on any atom is 0.262 e. The van der Waals surface area contributed by atoms with Crippen LogP contribution in [0.1, 0.15) is 0 Å². The molecule has 2 rings (SSSR count). The molecule has 6 heteroatoms. The van der Waals surface area contributed by atoms with E-state index >= 15 is 0 Å². The van der Waals surface area contributed by atoms with E-state index in [-0.39, 0.29) is 17.4 Å². The van der Waals surface area contributed by atoms with Crippen LogP contribution in [0.2, 0.25) is 5.28 Å². The van der Waals surface area contributed by atoms with Crippen LogP contribution in [-0.4, -0.2) is 22.9 Å². The smallest absolute Gasteiger partial charge is 0.262 e. The molecule has 0 fully saturated rings. The summed E-state index contributed by atoms with van der Waals surface area (Å²) in [5, 5.41) is 0.342. The molecule has 0 atom stereocenters. The summed E-state index contributed by atoms with van der Waals surface area (Å²) < 4.78 is 6.21. The van der Waals surface area contributed by atoms with Gasteiger partial charge in [-0.3, -0.25) is 9.36 Å². The molecular formula is C11H9ClN2O3. The van der Waals surface area contributed by atoms with Gasteiger partial charge in [0.05, 0.1) is 19.0 Å². The van der Waals surface area contributed by atoms with Crippen LogP contribution >= 0.6 is 11.6 Å². The number of para-hydroxylation sites is 1. The molecule has 0 aliphatic heterocycles. The molecule has 0 saturated heterocycles. The van der Waals surface area contributed by atoms with Crippen molar-refractivity contribution < 1.29 is 9.53 Å². The third kappa shape index (κ3) is 1.89. The van der Waals surface area contributed by atoms with E-state index in [0.29, 0.717) is 22.9 Å². The maximum atomic E-state index is 12.0. The predicted octanol–water partition coefficient (Wildman–Crippen LogP) is 1.26. The van der Waals surface area contributed by atoms with Gasteiger partial charge in [0, 0.05) is 0 Å². The maximum absolute atomic E-state index is 12.0. The lowest BCUT2D eigenvalue weighted by atomic mass is 10.2. The molecule has 2 aromatic rings. The van der Waals surface area contributed by atoms with Crippen LogP contribution in [0.15, 0.2) is 23.0 Å². The molecule has 1 aromatic carbocycles. The zero-order valence-corrected chi connectivity index (χ0v) is 9.77. The van der Waals surface area contributed by atoms with Gasteiger partial charge in [-0.05, 0) is 23.7 Å².